The zero-order valence-corrected chi connectivity index (χ0v) is 12.6. The molecule has 1 unspecified atom stereocenters. The van der Waals surface area contributed by atoms with Gasteiger partial charge in [0.1, 0.15) is 0 Å². The Morgan fingerprint density at radius 1 is 1.35 bits per heavy atom. The first-order chi connectivity index (χ1) is 9.47. The van der Waals surface area contributed by atoms with Crippen LogP contribution in [0.5, 0.6) is 0 Å². The number of nitrogens with zero attached hydrogens (tertiary/aromatic N) is 1. The van der Waals surface area contributed by atoms with Crippen LogP contribution in [0.3, 0.4) is 0 Å². The van der Waals surface area contributed by atoms with Gasteiger partial charge >= 0.3 is 5.97 Å². The number of hydrogen-bond acceptors (Lipinski definition) is 4. The van der Waals surface area contributed by atoms with Crippen LogP contribution in [0.15, 0.2) is 30.3 Å². The molecule has 1 saturated heterocycles. The van der Waals surface area contributed by atoms with Gasteiger partial charge in [0.15, 0.2) is 0 Å². The lowest BCUT2D eigenvalue weighted by atomic mass is 9.97. The summed E-state index contributed by atoms with van der Waals surface area (Å²) in [6.45, 7) is 8.14. The van der Waals surface area contributed by atoms with E-state index in [1.807, 2.05) is 39.0 Å². The van der Waals surface area contributed by atoms with Gasteiger partial charge in [-0.2, -0.15) is 0 Å². The van der Waals surface area contributed by atoms with Crippen molar-refractivity contribution in [2.24, 2.45) is 5.41 Å². The summed E-state index contributed by atoms with van der Waals surface area (Å²) >= 11 is 0. The zero-order valence-electron chi connectivity index (χ0n) is 12.6. The van der Waals surface area contributed by atoms with Crippen LogP contribution < -0.4 is 5.32 Å². The van der Waals surface area contributed by atoms with E-state index in [1.165, 1.54) is 5.56 Å². The summed E-state index contributed by atoms with van der Waals surface area (Å²) in [5.74, 6) is -0.162. The van der Waals surface area contributed by atoms with Crippen molar-refractivity contribution in [3.05, 3.63) is 35.9 Å². The highest BCUT2D eigenvalue weighted by Crippen LogP contribution is 2.22. The first-order valence-corrected chi connectivity index (χ1v) is 7.20. The fraction of sp³-hybridized carbons (Fsp3) is 0.562. The van der Waals surface area contributed by atoms with Gasteiger partial charge in [-0.1, -0.05) is 30.3 Å². The Kier molecular flexibility index (Phi) is 4.78. The molecule has 0 amide bonds. The SMILES string of the molecule is CC(C)(C)C(=O)ON1CCC1CNCc1ccccc1. The van der Waals surface area contributed by atoms with Crippen LogP contribution >= 0.6 is 0 Å². The molecule has 1 aromatic carbocycles. The molecule has 110 valence electrons. The second kappa shape index (κ2) is 6.37. The molecular weight excluding hydrogens is 252 g/mol. The Labute approximate surface area is 121 Å². The quantitative estimate of drug-likeness (QED) is 0.896. The van der Waals surface area contributed by atoms with Crippen LogP contribution in [-0.4, -0.2) is 30.2 Å². The Bertz CT molecular complexity index is 440. The van der Waals surface area contributed by atoms with E-state index in [2.05, 4.69) is 17.4 Å². The van der Waals surface area contributed by atoms with Crippen LogP contribution in [-0.2, 0) is 16.2 Å². The maximum atomic E-state index is 11.8. The van der Waals surface area contributed by atoms with Gasteiger partial charge in [-0.3, -0.25) is 0 Å². The van der Waals surface area contributed by atoms with E-state index < -0.39 is 5.41 Å². The average molecular weight is 276 g/mol. The number of hydroxylamine groups is 2. The van der Waals surface area contributed by atoms with Crippen molar-refractivity contribution < 1.29 is 9.63 Å². The van der Waals surface area contributed by atoms with Crippen molar-refractivity contribution in [1.29, 1.82) is 0 Å². The summed E-state index contributed by atoms with van der Waals surface area (Å²) in [4.78, 5) is 17.2. The molecule has 0 saturated carbocycles. The molecule has 0 bridgehead atoms. The molecule has 0 spiro atoms. The normalized spacial score (nSPS) is 19.4. The molecule has 1 atom stereocenters. The predicted octanol–water partition coefficient (Wildman–Crippen LogP) is 2.35. The highest BCUT2D eigenvalue weighted by atomic mass is 16.7. The monoisotopic (exact) mass is 276 g/mol. The van der Waals surface area contributed by atoms with Crippen LogP contribution in [0.2, 0.25) is 0 Å². The molecule has 20 heavy (non-hydrogen) atoms. The molecule has 1 aromatic rings. The topological polar surface area (TPSA) is 41.6 Å². The lowest BCUT2D eigenvalue weighted by Crippen LogP contribution is -2.54. The molecule has 1 fully saturated rings. The molecule has 1 heterocycles. The van der Waals surface area contributed by atoms with Gasteiger partial charge in [-0.15, -0.1) is 5.06 Å². The molecule has 4 nitrogen and oxygen atoms in total. The molecule has 1 aliphatic rings. The van der Waals surface area contributed by atoms with Crippen molar-refractivity contribution in [2.45, 2.75) is 39.8 Å². The maximum absolute atomic E-state index is 11.8. The van der Waals surface area contributed by atoms with Gasteiger partial charge in [-0.25, -0.2) is 4.79 Å². The molecular formula is C16H24N2O2. The van der Waals surface area contributed by atoms with Crippen molar-refractivity contribution in [3.8, 4) is 0 Å². The molecule has 0 radical (unpaired) electrons. The minimum Gasteiger partial charge on any atom is -0.367 e. The number of rotatable bonds is 5. The first-order valence-electron chi connectivity index (χ1n) is 7.20. The predicted molar refractivity (Wildman–Crippen MR) is 78.8 cm³/mol. The molecule has 0 aromatic heterocycles. The second-order valence-corrected chi connectivity index (χ2v) is 6.33. The van der Waals surface area contributed by atoms with E-state index in [9.17, 15) is 4.79 Å². The van der Waals surface area contributed by atoms with Crippen LogP contribution in [0.1, 0.15) is 32.8 Å². The van der Waals surface area contributed by atoms with Crippen LogP contribution in [0, 0.1) is 5.41 Å². The Hall–Kier alpha value is -1.39. The maximum Gasteiger partial charge on any atom is 0.330 e. The van der Waals surface area contributed by atoms with Crippen molar-refractivity contribution >= 4 is 5.97 Å². The van der Waals surface area contributed by atoms with Gasteiger partial charge in [0.05, 0.1) is 11.5 Å². The third-order valence-corrected chi connectivity index (χ3v) is 3.45. The van der Waals surface area contributed by atoms with Crippen LogP contribution in [0.4, 0.5) is 0 Å². The van der Waals surface area contributed by atoms with Gasteiger partial charge < -0.3 is 10.2 Å². The van der Waals surface area contributed by atoms with Crippen molar-refractivity contribution in [1.82, 2.24) is 10.4 Å². The van der Waals surface area contributed by atoms with E-state index in [-0.39, 0.29) is 5.97 Å². The largest absolute Gasteiger partial charge is 0.367 e. The van der Waals surface area contributed by atoms with Crippen molar-refractivity contribution in [3.63, 3.8) is 0 Å². The van der Waals surface area contributed by atoms with Gasteiger partial charge in [0, 0.05) is 19.6 Å². The molecule has 2 rings (SSSR count). The summed E-state index contributed by atoms with van der Waals surface area (Å²) in [6.07, 6.45) is 1.07. The summed E-state index contributed by atoms with van der Waals surface area (Å²) in [6, 6.07) is 10.6. The minimum absolute atomic E-state index is 0.162. The Morgan fingerprint density at radius 3 is 2.60 bits per heavy atom. The number of carbonyl (C=O) groups is 1. The molecule has 1 N–H and O–H groups in total. The molecule has 0 aliphatic carbocycles. The highest BCUT2D eigenvalue weighted by molar-refractivity contribution is 5.75. The average Bonchev–Trinajstić information content (AvgIpc) is 2.39. The summed E-state index contributed by atoms with van der Waals surface area (Å²) in [7, 11) is 0. The zero-order chi connectivity index (χ0) is 14.6. The smallest absolute Gasteiger partial charge is 0.330 e. The number of hydrogen-bond donors (Lipinski definition) is 1. The number of nitrogens with one attached hydrogen (secondary N) is 1. The molecule has 4 heteroatoms. The third-order valence-electron chi connectivity index (χ3n) is 3.45. The van der Waals surface area contributed by atoms with E-state index in [0.29, 0.717) is 6.04 Å². The number of benzene rings is 1. The third kappa shape index (κ3) is 4.05. The van der Waals surface area contributed by atoms with Crippen LogP contribution in [0.25, 0.3) is 0 Å². The summed E-state index contributed by atoms with van der Waals surface area (Å²) < 4.78 is 0. The standard InChI is InChI=1S/C16H24N2O2/c1-16(2,3)15(19)20-18-10-9-14(18)12-17-11-13-7-5-4-6-8-13/h4-8,14,17H,9-12H2,1-3H3. The lowest BCUT2D eigenvalue weighted by Gasteiger charge is -2.39. The van der Waals surface area contributed by atoms with Gasteiger partial charge in [0.2, 0.25) is 0 Å². The van der Waals surface area contributed by atoms with E-state index in [1.54, 1.807) is 5.06 Å². The number of carbonyl (C=O) groups excluding carboxylic acids is 1. The van der Waals surface area contributed by atoms with E-state index in [0.717, 1.165) is 26.1 Å². The van der Waals surface area contributed by atoms with Gasteiger partial charge in [0.25, 0.3) is 0 Å². The van der Waals surface area contributed by atoms with E-state index in [4.69, 9.17) is 4.84 Å². The fourth-order valence-corrected chi connectivity index (χ4v) is 1.96. The first kappa shape index (κ1) is 15.0. The van der Waals surface area contributed by atoms with Gasteiger partial charge in [-0.05, 0) is 32.8 Å². The molecule has 1 aliphatic heterocycles. The Balaban J connectivity index is 1.71. The Morgan fingerprint density at radius 2 is 2.05 bits per heavy atom. The van der Waals surface area contributed by atoms with E-state index >= 15 is 0 Å². The van der Waals surface area contributed by atoms with Crippen molar-refractivity contribution in [2.75, 3.05) is 13.1 Å². The lowest BCUT2D eigenvalue weighted by molar-refractivity contribution is -0.235. The fourth-order valence-electron chi connectivity index (χ4n) is 1.96. The second-order valence-electron chi connectivity index (χ2n) is 6.33. The minimum atomic E-state index is -0.447. The summed E-state index contributed by atoms with van der Waals surface area (Å²) in [5.41, 5.74) is 0.822. The summed E-state index contributed by atoms with van der Waals surface area (Å²) in [5, 5.41) is 5.21. The highest BCUT2D eigenvalue weighted by Gasteiger charge is 2.34.